The van der Waals surface area contributed by atoms with Gasteiger partial charge in [0.1, 0.15) is 18.2 Å². The van der Waals surface area contributed by atoms with Gasteiger partial charge in [0.15, 0.2) is 11.5 Å². The van der Waals surface area contributed by atoms with Crippen LogP contribution in [0.4, 0.5) is 10.2 Å². The molecule has 26 heavy (non-hydrogen) atoms. The van der Waals surface area contributed by atoms with Gasteiger partial charge in [0.05, 0.1) is 11.6 Å². The van der Waals surface area contributed by atoms with E-state index in [4.69, 9.17) is 4.74 Å². The normalized spacial score (nSPS) is 10.9. The average molecular weight is 358 g/mol. The monoisotopic (exact) mass is 358 g/mol. The van der Waals surface area contributed by atoms with E-state index >= 15 is 0 Å². The van der Waals surface area contributed by atoms with Crippen molar-refractivity contribution < 1.29 is 13.9 Å². The van der Waals surface area contributed by atoms with E-state index in [1.807, 2.05) is 0 Å². The first-order valence-corrected chi connectivity index (χ1v) is 8.03. The van der Waals surface area contributed by atoms with Crippen LogP contribution < -0.4 is 10.6 Å². The average Bonchev–Trinajstić information content (AvgIpc) is 3.00. The Hall–Kier alpha value is -3.07. The third-order valence-corrected chi connectivity index (χ3v) is 3.72. The van der Waals surface area contributed by atoms with Crippen molar-refractivity contribution in [1.29, 1.82) is 0 Å². The van der Waals surface area contributed by atoms with Gasteiger partial charge in [-0.1, -0.05) is 0 Å². The third-order valence-electron chi connectivity index (χ3n) is 3.72. The summed E-state index contributed by atoms with van der Waals surface area (Å²) >= 11 is 0. The van der Waals surface area contributed by atoms with Crippen molar-refractivity contribution in [3.8, 4) is 0 Å². The van der Waals surface area contributed by atoms with Crippen LogP contribution in [0.15, 0.2) is 30.5 Å². The van der Waals surface area contributed by atoms with Crippen LogP contribution in [0.5, 0.6) is 0 Å². The number of methoxy groups -OCH3 is 1. The standard InChI is InChI=1S/C17H19FN6O2/c1-24-16-13(9-21-24)15(22-14(23-16)10-26-2)19-7-8-20-17(25)11-3-5-12(18)6-4-11/h3-6,9H,7-8,10H2,1-2H3,(H,20,25)(H,19,22,23). The summed E-state index contributed by atoms with van der Waals surface area (Å²) in [6.45, 7) is 1.12. The molecule has 0 fully saturated rings. The predicted molar refractivity (Wildman–Crippen MR) is 94.2 cm³/mol. The maximum absolute atomic E-state index is 12.9. The van der Waals surface area contributed by atoms with Crippen molar-refractivity contribution in [3.05, 3.63) is 47.7 Å². The molecule has 2 N–H and O–H groups in total. The molecule has 0 aliphatic carbocycles. The molecule has 1 aromatic carbocycles. The number of ether oxygens (including phenoxy) is 1. The summed E-state index contributed by atoms with van der Waals surface area (Å²) in [5.41, 5.74) is 1.11. The lowest BCUT2D eigenvalue weighted by Crippen LogP contribution is -2.29. The Morgan fingerprint density at radius 1 is 1.23 bits per heavy atom. The fraction of sp³-hybridized carbons (Fsp3) is 0.294. The van der Waals surface area contributed by atoms with Crippen LogP contribution >= 0.6 is 0 Å². The molecule has 9 heteroatoms. The van der Waals surface area contributed by atoms with Crippen LogP contribution in [0.1, 0.15) is 16.2 Å². The molecule has 0 bridgehead atoms. The summed E-state index contributed by atoms with van der Waals surface area (Å²) in [5, 5.41) is 10.9. The number of aryl methyl sites for hydroxylation is 1. The Labute approximate surface area is 149 Å². The fourth-order valence-corrected chi connectivity index (χ4v) is 2.46. The smallest absolute Gasteiger partial charge is 0.251 e. The number of amides is 1. The van der Waals surface area contributed by atoms with Crippen LogP contribution in [0.25, 0.3) is 11.0 Å². The molecule has 0 radical (unpaired) electrons. The zero-order valence-corrected chi connectivity index (χ0v) is 14.5. The van der Waals surface area contributed by atoms with Crippen molar-refractivity contribution in [2.24, 2.45) is 7.05 Å². The van der Waals surface area contributed by atoms with Crippen molar-refractivity contribution in [2.75, 3.05) is 25.5 Å². The molecule has 0 aliphatic rings. The maximum atomic E-state index is 12.9. The van der Waals surface area contributed by atoms with Gasteiger partial charge in [-0.3, -0.25) is 9.48 Å². The van der Waals surface area contributed by atoms with Gasteiger partial charge in [-0.2, -0.15) is 5.10 Å². The van der Waals surface area contributed by atoms with Gasteiger partial charge >= 0.3 is 0 Å². The number of aromatic nitrogens is 4. The van der Waals surface area contributed by atoms with E-state index in [9.17, 15) is 9.18 Å². The number of hydrogen-bond donors (Lipinski definition) is 2. The lowest BCUT2D eigenvalue weighted by Gasteiger charge is -2.10. The minimum Gasteiger partial charge on any atom is -0.377 e. The first-order chi connectivity index (χ1) is 12.6. The van der Waals surface area contributed by atoms with Gasteiger partial charge in [-0.05, 0) is 24.3 Å². The molecule has 3 aromatic rings. The number of hydrogen-bond acceptors (Lipinski definition) is 6. The Bertz CT molecular complexity index is 910. The van der Waals surface area contributed by atoms with Crippen LogP contribution in [0.3, 0.4) is 0 Å². The van der Waals surface area contributed by atoms with Crippen molar-refractivity contribution >= 4 is 22.8 Å². The highest BCUT2D eigenvalue weighted by atomic mass is 19.1. The zero-order chi connectivity index (χ0) is 18.5. The Morgan fingerprint density at radius 3 is 2.73 bits per heavy atom. The number of nitrogens with one attached hydrogen (secondary N) is 2. The second-order valence-electron chi connectivity index (χ2n) is 5.62. The van der Waals surface area contributed by atoms with Gasteiger partial charge < -0.3 is 15.4 Å². The van der Waals surface area contributed by atoms with E-state index in [1.165, 1.54) is 24.3 Å². The highest BCUT2D eigenvalue weighted by molar-refractivity contribution is 5.94. The third kappa shape index (κ3) is 3.94. The quantitative estimate of drug-likeness (QED) is 0.622. The number of fused-ring (bicyclic) bond motifs is 1. The number of anilines is 1. The summed E-state index contributed by atoms with van der Waals surface area (Å²) in [5.74, 6) is 0.535. The Kier molecular flexibility index (Phi) is 5.37. The van der Waals surface area contributed by atoms with Crippen molar-refractivity contribution in [2.45, 2.75) is 6.61 Å². The van der Waals surface area contributed by atoms with Gasteiger partial charge in [-0.15, -0.1) is 0 Å². The zero-order valence-electron chi connectivity index (χ0n) is 14.5. The largest absolute Gasteiger partial charge is 0.377 e. The molecule has 0 atom stereocenters. The number of carbonyl (C=O) groups is 1. The number of halogens is 1. The first-order valence-electron chi connectivity index (χ1n) is 8.03. The molecule has 3 rings (SSSR count). The molecule has 8 nitrogen and oxygen atoms in total. The highest BCUT2D eigenvalue weighted by Crippen LogP contribution is 2.19. The lowest BCUT2D eigenvalue weighted by molar-refractivity contribution is 0.0955. The number of rotatable bonds is 7. The van der Waals surface area contributed by atoms with Crippen molar-refractivity contribution in [1.82, 2.24) is 25.1 Å². The molecular weight excluding hydrogens is 339 g/mol. The fourth-order valence-electron chi connectivity index (χ4n) is 2.46. The maximum Gasteiger partial charge on any atom is 0.251 e. The summed E-state index contributed by atoms with van der Waals surface area (Å²) in [6, 6.07) is 5.40. The highest BCUT2D eigenvalue weighted by Gasteiger charge is 2.11. The van der Waals surface area contributed by atoms with Crippen LogP contribution in [-0.2, 0) is 18.4 Å². The molecule has 2 aromatic heterocycles. The SMILES string of the molecule is COCc1nc(NCCNC(=O)c2ccc(F)cc2)c2cnn(C)c2n1. The molecule has 0 spiro atoms. The molecule has 0 saturated carbocycles. The Morgan fingerprint density at radius 2 is 2.00 bits per heavy atom. The van der Waals surface area contributed by atoms with Gasteiger partial charge in [0, 0.05) is 32.8 Å². The number of carbonyl (C=O) groups excluding carboxylic acids is 1. The van der Waals surface area contributed by atoms with Crippen LogP contribution in [0, 0.1) is 5.82 Å². The predicted octanol–water partition coefficient (Wildman–Crippen LogP) is 1.49. The second kappa shape index (κ2) is 7.87. The van der Waals surface area contributed by atoms with Gasteiger partial charge in [0.2, 0.25) is 0 Å². The molecule has 0 saturated heterocycles. The van der Waals surface area contributed by atoms with E-state index in [0.717, 1.165) is 5.39 Å². The molecule has 0 unspecified atom stereocenters. The van der Waals surface area contributed by atoms with Crippen molar-refractivity contribution in [3.63, 3.8) is 0 Å². The molecule has 0 aliphatic heterocycles. The van der Waals surface area contributed by atoms with E-state index in [2.05, 4.69) is 25.7 Å². The van der Waals surface area contributed by atoms with Gasteiger partial charge in [-0.25, -0.2) is 14.4 Å². The second-order valence-corrected chi connectivity index (χ2v) is 5.62. The first kappa shape index (κ1) is 17.7. The van der Waals surface area contributed by atoms with Crippen LogP contribution in [-0.4, -0.2) is 45.9 Å². The Balaban J connectivity index is 1.62. The van der Waals surface area contributed by atoms with E-state index < -0.39 is 0 Å². The van der Waals surface area contributed by atoms with E-state index in [-0.39, 0.29) is 18.3 Å². The minimum atomic E-state index is -0.376. The lowest BCUT2D eigenvalue weighted by atomic mass is 10.2. The number of benzene rings is 1. The summed E-state index contributed by atoms with van der Waals surface area (Å²) in [4.78, 5) is 20.9. The summed E-state index contributed by atoms with van der Waals surface area (Å²) in [7, 11) is 3.38. The molecule has 136 valence electrons. The topological polar surface area (TPSA) is 94.0 Å². The van der Waals surface area contributed by atoms with Gasteiger partial charge in [0.25, 0.3) is 5.91 Å². The molecule has 1 amide bonds. The minimum absolute atomic E-state index is 0.263. The van der Waals surface area contributed by atoms with E-state index in [0.29, 0.717) is 35.9 Å². The van der Waals surface area contributed by atoms with E-state index in [1.54, 1.807) is 25.0 Å². The van der Waals surface area contributed by atoms with Crippen LogP contribution in [0.2, 0.25) is 0 Å². The number of nitrogens with zero attached hydrogens (tertiary/aromatic N) is 4. The molecular formula is C17H19FN6O2. The molecule has 2 heterocycles. The summed E-state index contributed by atoms with van der Waals surface area (Å²) in [6.07, 6.45) is 1.69. The summed E-state index contributed by atoms with van der Waals surface area (Å²) < 4.78 is 19.7.